The predicted molar refractivity (Wildman–Crippen MR) is 77.7 cm³/mol. The summed E-state index contributed by atoms with van der Waals surface area (Å²) in [7, 11) is 0. The molecule has 110 valence electrons. The van der Waals surface area contributed by atoms with Gasteiger partial charge in [-0.3, -0.25) is 14.5 Å². The van der Waals surface area contributed by atoms with Crippen molar-refractivity contribution in [3.05, 3.63) is 12.2 Å². The van der Waals surface area contributed by atoms with E-state index < -0.39 is 0 Å². The molecular weight excluding hydrogens is 250 g/mol. The number of hydrogen-bond donors (Lipinski definition) is 0. The Balaban J connectivity index is 1.70. The summed E-state index contributed by atoms with van der Waals surface area (Å²) in [6.45, 7) is 5.00. The maximum Gasteiger partial charge on any atom is 0.233 e. The van der Waals surface area contributed by atoms with Crippen molar-refractivity contribution in [1.29, 1.82) is 0 Å². The van der Waals surface area contributed by atoms with Gasteiger partial charge in [-0.15, -0.1) is 0 Å². The fourth-order valence-corrected chi connectivity index (χ4v) is 4.32. The fourth-order valence-electron chi connectivity index (χ4n) is 4.32. The van der Waals surface area contributed by atoms with Crippen molar-refractivity contribution in [3.63, 3.8) is 0 Å². The molecule has 3 aliphatic rings. The number of allylic oxidation sites excluding steroid dienone is 2. The van der Waals surface area contributed by atoms with Gasteiger partial charge < -0.3 is 0 Å². The van der Waals surface area contributed by atoms with Crippen molar-refractivity contribution >= 4 is 11.8 Å². The van der Waals surface area contributed by atoms with Crippen LogP contribution in [-0.4, -0.2) is 23.3 Å². The topological polar surface area (TPSA) is 37.4 Å². The molecule has 2 bridgehead atoms. The average molecular weight is 275 g/mol. The molecule has 1 heterocycles. The number of hydrogen-bond acceptors (Lipinski definition) is 2. The van der Waals surface area contributed by atoms with E-state index in [0.29, 0.717) is 24.3 Å². The first-order valence-electron chi connectivity index (χ1n) is 8.20. The molecule has 5 atom stereocenters. The van der Waals surface area contributed by atoms with E-state index in [9.17, 15) is 9.59 Å². The molecule has 2 aliphatic carbocycles. The number of imide groups is 1. The molecule has 3 nitrogen and oxygen atoms in total. The van der Waals surface area contributed by atoms with E-state index in [0.717, 1.165) is 19.3 Å². The maximum absolute atomic E-state index is 12.6. The van der Waals surface area contributed by atoms with Crippen LogP contribution in [0.2, 0.25) is 0 Å². The van der Waals surface area contributed by atoms with Gasteiger partial charge in [0.25, 0.3) is 0 Å². The van der Waals surface area contributed by atoms with Crippen LogP contribution >= 0.6 is 0 Å². The quantitative estimate of drug-likeness (QED) is 0.552. The molecule has 1 saturated heterocycles. The van der Waals surface area contributed by atoms with E-state index in [-0.39, 0.29) is 23.7 Å². The van der Waals surface area contributed by atoms with Gasteiger partial charge in [0.1, 0.15) is 0 Å². The third-order valence-corrected chi connectivity index (χ3v) is 5.55. The number of likely N-dealkylation sites (tertiary alicyclic amines) is 1. The Bertz CT molecular complexity index is 412. The Kier molecular flexibility index (Phi) is 3.70. The van der Waals surface area contributed by atoms with Crippen LogP contribution in [0.4, 0.5) is 0 Å². The van der Waals surface area contributed by atoms with E-state index in [1.165, 1.54) is 12.8 Å². The molecule has 3 unspecified atom stereocenters. The van der Waals surface area contributed by atoms with Crippen molar-refractivity contribution in [1.82, 2.24) is 4.90 Å². The molecule has 3 heteroatoms. The van der Waals surface area contributed by atoms with Crippen LogP contribution in [0.5, 0.6) is 0 Å². The monoisotopic (exact) mass is 275 g/mol. The molecule has 1 aliphatic heterocycles. The van der Waals surface area contributed by atoms with Crippen LogP contribution in [0.1, 0.15) is 46.0 Å². The van der Waals surface area contributed by atoms with Gasteiger partial charge in [0.2, 0.25) is 11.8 Å². The normalized spacial score (nSPS) is 36.0. The fraction of sp³-hybridized carbons (Fsp3) is 0.765. The highest BCUT2D eigenvalue weighted by atomic mass is 16.2. The van der Waals surface area contributed by atoms with Crippen molar-refractivity contribution < 1.29 is 9.59 Å². The summed E-state index contributed by atoms with van der Waals surface area (Å²) < 4.78 is 0. The largest absolute Gasteiger partial charge is 0.282 e. The first kappa shape index (κ1) is 13.8. The van der Waals surface area contributed by atoms with Gasteiger partial charge in [-0.2, -0.15) is 0 Å². The maximum atomic E-state index is 12.6. The lowest BCUT2D eigenvalue weighted by molar-refractivity contribution is -0.141. The lowest BCUT2D eigenvalue weighted by Crippen LogP contribution is -2.37. The van der Waals surface area contributed by atoms with Gasteiger partial charge in [-0.25, -0.2) is 0 Å². The zero-order valence-electron chi connectivity index (χ0n) is 12.5. The summed E-state index contributed by atoms with van der Waals surface area (Å²) in [5.41, 5.74) is 0. The van der Waals surface area contributed by atoms with Crippen molar-refractivity contribution in [2.45, 2.75) is 46.0 Å². The minimum absolute atomic E-state index is 0.0267. The number of carbonyl (C=O) groups excluding carboxylic acids is 2. The Morgan fingerprint density at radius 1 is 1.15 bits per heavy atom. The highest BCUT2D eigenvalue weighted by Crippen LogP contribution is 2.52. The number of carbonyl (C=O) groups is 2. The highest BCUT2D eigenvalue weighted by molar-refractivity contribution is 6.06. The third-order valence-electron chi connectivity index (χ3n) is 5.55. The number of fused-ring (bicyclic) bond motifs is 5. The van der Waals surface area contributed by atoms with Crippen molar-refractivity contribution in [2.75, 3.05) is 6.54 Å². The second kappa shape index (κ2) is 5.34. The van der Waals surface area contributed by atoms with Gasteiger partial charge in [0.15, 0.2) is 0 Å². The molecule has 0 N–H and O–H groups in total. The summed E-state index contributed by atoms with van der Waals surface area (Å²) >= 11 is 0. The number of unbranched alkanes of at least 4 members (excludes halogenated alkanes) is 1. The Morgan fingerprint density at radius 3 is 2.25 bits per heavy atom. The van der Waals surface area contributed by atoms with Crippen molar-refractivity contribution in [3.8, 4) is 0 Å². The molecule has 20 heavy (non-hydrogen) atoms. The second-order valence-corrected chi connectivity index (χ2v) is 6.70. The van der Waals surface area contributed by atoms with Crippen LogP contribution in [0.25, 0.3) is 0 Å². The van der Waals surface area contributed by atoms with Gasteiger partial charge in [0.05, 0.1) is 11.8 Å². The van der Waals surface area contributed by atoms with Gasteiger partial charge >= 0.3 is 0 Å². The number of nitrogens with zero attached hydrogens (tertiary/aromatic N) is 1. The molecular formula is C17H25NO2. The van der Waals surface area contributed by atoms with Gasteiger partial charge in [-0.1, -0.05) is 45.3 Å². The first-order chi connectivity index (χ1) is 9.67. The molecule has 0 spiro atoms. The molecule has 0 aromatic heterocycles. The molecule has 3 rings (SSSR count). The predicted octanol–water partition coefficient (Wildman–Crippen LogP) is 3.01. The number of amides is 2. The number of rotatable bonds is 6. The minimum atomic E-state index is -0.0267. The average Bonchev–Trinajstić information content (AvgIpc) is 3.12. The molecule has 0 aromatic rings. The Morgan fingerprint density at radius 2 is 1.75 bits per heavy atom. The summed E-state index contributed by atoms with van der Waals surface area (Å²) in [6.07, 6.45) is 9.89. The highest BCUT2D eigenvalue weighted by Gasteiger charge is 2.59. The second-order valence-electron chi connectivity index (χ2n) is 6.70. The molecule has 0 aromatic carbocycles. The van der Waals surface area contributed by atoms with Gasteiger partial charge in [0, 0.05) is 6.54 Å². The Labute approximate surface area is 121 Å². The first-order valence-corrected chi connectivity index (χ1v) is 8.20. The standard InChI is InChI=1S/C17H25NO2/c1-3-5-6-11(4-2)10-18-16(19)14-12-7-8-13(9-12)15(14)17(18)20/h7-8,11-15H,3-6,9-10H2,1-2H3/t11?,12?,13?,14-,15+. The van der Waals surface area contributed by atoms with E-state index in [4.69, 9.17) is 0 Å². The lowest BCUT2D eigenvalue weighted by atomic mass is 9.85. The van der Waals surface area contributed by atoms with E-state index in [2.05, 4.69) is 26.0 Å². The SMILES string of the molecule is CCCCC(CC)CN1C(=O)[C@@H]2C3C=CC(C3)[C@@H]2C1=O. The van der Waals surface area contributed by atoms with Crippen LogP contribution < -0.4 is 0 Å². The summed E-state index contributed by atoms with van der Waals surface area (Å²) in [4.78, 5) is 26.8. The van der Waals surface area contributed by atoms with Crippen LogP contribution in [0.15, 0.2) is 12.2 Å². The smallest absolute Gasteiger partial charge is 0.233 e. The van der Waals surface area contributed by atoms with Crippen LogP contribution in [0, 0.1) is 29.6 Å². The zero-order chi connectivity index (χ0) is 14.3. The van der Waals surface area contributed by atoms with Crippen molar-refractivity contribution in [2.24, 2.45) is 29.6 Å². The van der Waals surface area contributed by atoms with Crippen LogP contribution in [0.3, 0.4) is 0 Å². The summed E-state index contributed by atoms with van der Waals surface area (Å²) in [6, 6.07) is 0. The van der Waals surface area contributed by atoms with E-state index >= 15 is 0 Å². The third kappa shape index (κ3) is 2.02. The Hall–Kier alpha value is -1.12. The molecule has 0 radical (unpaired) electrons. The summed E-state index contributed by atoms with van der Waals surface area (Å²) in [5, 5.41) is 0. The zero-order valence-corrected chi connectivity index (χ0v) is 12.5. The lowest BCUT2D eigenvalue weighted by Gasteiger charge is -2.23. The minimum Gasteiger partial charge on any atom is -0.282 e. The van der Waals surface area contributed by atoms with Crippen LogP contribution in [-0.2, 0) is 9.59 Å². The molecule has 2 amide bonds. The summed E-state index contributed by atoms with van der Waals surface area (Å²) in [5.74, 6) is 1.33. The molecule has 2 fully saturated rings. The van der Waals surface area contributed by atoms with E-state index in [1.54, 1.807) is 4.90 Å². The van der Waals surface area contributed by atoms with E-state index in [1.807, 2.05) is 0 Å². The molecule has 1 saturated carbocycles. The van der Waals surface area contributed by atoms with Gasteiger partial charge in [-0.05, 0) is 30.6 Å².